The highest BCUT2D eigenvalue weighted by Gasteiger charge is 2.63. The number of alkyl halides is 3. The van der Waals surface area contributed by atoms with Crippen LogP contribution in [0.3, 0.4) is 0 Å². The van der Waals surface area contributed by atoms with Crippen LogP contribution < -0.4 is 15.8 Å². The number of sulfonamides is 1. The molecular weight excluding hydrogens is 379 g/mol. The number of carbonyl (C=O) groups is 2. The summed E-state index contributed by atoms with van der Waals surface area (Å²) < 4.78 is 68.0. The van der Waals surface area contributed by atoms with Crippen molar-refractivity contribution in [2.75, 3.05) is 11.9 Å². The predicted octanol–water partition coefficient (Wildman–Crippen LogP) is 1.09. The van der Waals surface area contributed by atoms with Gasteiger partial charge in [-0.25, -0.2) is 18.4 Å². The zero-order valence-corrected chi connectivity index (χ0v) is 14.7. The van der Waals surface area contributed by atoms with Crippen molar-refractivity contribution >= 4 is 27.6 Å². The molecule has 1 amide bonds. The molecule has 0 saturated carbocycles. The summed E-state index contributed by atoms with van der Waals surface area (Å²) in [5, 5.41) is 8.42. The molecule has 0 aliphatic rings. The summed E-state index contributed by atoms with van der Waals surface area (Å²) in [7, 11) is -4.05. The fourth-order valence-electron chi connectivity index (χ4n) is 1.87. The molecule has 0 aliphatic heterocycles. The molecule has 1 aromatic carbocycles. The van der Waals surface area contributed by atoms with E-state index < -0.39 is 33.7 Å². The van der Waals surface area contributed by atoms with E-state index in [0.29, 0.717) is 0 Å². The van der Waals surface area contributed by atoms with Crippen molar-refractivity contribution in [1.82, 2.24) is 5.32 Å². The lowest BCUT2D eigenvalue weighted by molar-refractivity contribution is -0.207. The molecule has 146 valence electrons. The molecule has 1 rings (SSSR count). The molecule has 0 aliphatic carbocycles. The summed E-state index contributed by atoms with van der Waals surface area (Å²) in [6, 6.07) is 3.84. The molecule has 0 aromatic heterocycles. The zero-order valence-electron chi connectivity index (χ0n) is 13.9. The van der Waals surface area contributed by atoms with Crippen molar-refractivity contribution in [1.29, 1.82) is 0 Å². The molecule has 8 nitrogen and oxygen atoms in total. The van der Waals surface area contributed by atoms with E-state index in [0.717, 1.165) is 24.3 Å². The van der Waals surface area contributed by atoms with E-state index in [2.05, 4.69) is 4.74 Å². The van der Waals surface area contributed by atoms with E-state index in [9.17, 15) is 31.2 Å². The molecule has 0 unspecified atom stereocenters. The SMILES string of the molecule is CCOC(=O)[C@](NC(=O)CC)(Nc1ccc(S(N)(=O)=O)cc1)C(F)(F)F. The summed E-state index contributed by atoms with van der Waals surface area (Å²) in [6.07, 6.45) is -5.58. The van der Waals surface area contributed by atoms with Crippen LogP contribution >= 0.6 is 0 Å². The lowest BCUT2D eigenvalue weighted by Crippen LogP contribution is -2.69. The molecule has 0 fully saturated rings. The fourth-order valence-corrected chi connectivity index (χ4v) is 2.39. The van der Waals surface area contributed by atoms with E-state index >= 15 is 0 Å². The Morgan fingerprint density at radius 1 is 1.15 bits per heavy atom. The first-order valence-electron chi connectivity index (χ1n) is 7.33. The average molecular weight is 397 g/mol. The third-order valence-corrected chi connectivity index (χ3v) is 4.10. The predicted molar refractivity (Wildman–Crippen MR) is 85.3 cm³/mol. The maximum atomic E-state index is 13.7. The van der Waals surface area contributed by atoms with Crippen LogP contribution in [0.15, 0.2) is 29.2 Å². The van der Waals surface area contributed by atoms with Crippen molar-refractivity contribution in [2.24, 2.45) is 5.14 Å². The van der Waals surface area contributed by atoms with Crippen molar-refractivity contribution in [3.05, 3.63) is 24.3 Å². The molecule has 0 saturated heterocycles. The minimum Gasteiger partial charge on any atom is -0.463 e. The van der Waals surface area contributed by atoms with Gasteiger partial charge in [0, 0.05) is 12.1 Å². The summed E-state index contributed by atoms with van der Waals surface area (Å²) in [4.78, 5) is 23.3. The molecule has 0 radical (unpaired) electrons. The molecule has 0 spiro atoms. The van der Waals surface area contributed by atoms with Gasteiger partial charge in [0.2, 0.25) is 15.9 Å². The number of ether oxygens (including phenoxy) is 1. The van der Waals surface area contributed by atoms with Crippen LogP contribution in [0.5, 0.6) is 0 Å². The van der Waals surface area contributed by atoms with Gasteiger partial charge >= 0.3 is 17.8 Å². The summed E-state index contributed by atoms with van der Waals surface area (Å²) in [5.41, 5.74) is -3.83. The van der Waals surface area contributed by atoms with Gasteiger partial charge in [-0.1, -0.05) is 6.92 Å². The first-order chi connectivity index (χ1) is 11.9. The first kappa shape index (κ1) is 21.7. The van der Waals surface area contributed by atoms with Crippen molar-refractivity contribution < 1.29 is 35.9 Å². The van der Waals surface area contributed by atoms with Crippen molar-refractivity contribution in [3.63, 3.8) is 0 Å². The number of rotatable bonds is 7. The Labute approximate surface area is 147 Å². The second-order valence-electron chi connectivity index (χ2n) is 5.06. The van der Waals surface area contributed by atoms with Gasteiger partial charge in [-0.2, -0.15) is 13.2 Å². The number of primary sulfonamides is 1. The summed E-state index contributed by atoms with van der Waals surface area (Å²) >= 11 is 0. The highest BCUT2D eigenvalue weighted by Crippen LogP contribution is 2.33. The average Bonchev–Trinajstić information content (AvgIpc) is 2.52. The number of amides is 1. The van der Waals surface area contributed by atoms with E-state index in [4.69, 9.17) is 5.14 Å². The van der Waals surface area contributed by atoms with Crippen LogP contribution in [0.1, 0.15) is 20.3 Å². The van der Waals surface area contributed by atoms with E-state index in [1.807, 2.05) is 5.32 Å². The topological polar surface area (TPSA) is 128 Å². The zero-order chi connectivity index (χ0) is 20.2. The number of anilines is 1. The van der Waals surface area contributed by atoms with Crippen LogP contribution in [0, 0.1) is 0 Å². The largest absolute Gasteiger partial charge is 0.463 e. The van der Waals surface area contributed by atoms with Crippen LogP contribution in [0.4, 0.5) is 18.9 Å². The van der Waals surface area contributed by atoms with E-state index in [-0.39, 0.29) is 23.6 Å². The van der Waals surface area contributed by atoms with Crippen LogP contribution in [0.2, 0.25) is 0 Å². The first-order valence-corrected chi connectivity index (χ1v) is 8.88. The second kappa shape index (κ2) is 7.91. The maximum Gasteiger partial charge on any atom is 0.441 e. The van der Waals surface area contributed by atoms with Gasteiger partial charge < -0.3 is 15.4 Å². The summed E-state index contributed by atoms with van der Waals surface area (Å²) in [6.45, 7) is 2.26. The van der Waals surface area contributed by atoms with Gasteiger partial charge in [0.05, 0.1) is 11.5 Å². The van der Waals surface area contributed by atoms with Crippen LogP contribution in [-0.4, -0.2) is 38.7 Å². The third kappa shape index (κ3) is 4.85. The van der Waals surface area contributed by atoms with Crippen LogP contribution in [-0.2, 0) is 24.3 Å². The molecule has 1 atom stereocenters. The van der Waals surface area contributed by atoms with Crippen molar-refractivity contribution in [3.8, 4) is 0 Å². The normalized spacial score (nSPS) is 14.2. The number of halogens is 3. The molecule has 12 heteroatoms. The Balaban J connectivity index is 3.39. The quantitative estimate of drug-likeness (QED) is 0.467. The van der Waals surface area contributed by atoms with Gasteiger partial charge in [0.1, 0.15) is 0 Å². The van der Waals surface area contributed by atoms with Gasteiger partial charge in [0.25, 0.3) is 0 Å². The number of hydrogen-bond acceptors (Lipinski definition) is 6. The molecule has 1 aromatic rings. The van der Waals surface area contributed by atoms with Gasteiger partial charge in [-0.05, 0) is 31.2 Å². The highest BCUT2D eigenvalue weighted by molar-refractivity contribution is 7.89. The smallest absolute Gasteiger partial charge is 0.441 e. The lowest BCUT2D eigenvalue weighted by atomic mass is 10.1. The standard InChI is InChI=1S/C14H18F3N3O5S/c1-3-11(21)20-13(14(15,16)17,12(22)25-4-2)19-9-5-7-10(8-6-9)26(18,23)24/h5-8,19H,3-4H2,1-2H3,(H,20,21)(H2,18,23,24)/t13-/m1/s1. The Hall–Kier alpha value is -2.34. The number of esters is 1. The number of nitrogens with two attached hydrogens (primary N) is 1. The Morgan fingerprint density at radius 3 is 2.08 bits per heavy atom. The molecular formula is C14H18F3N3O5S. The Morgan fingerprint density at radius 2 is 1.69 bits per heavy atom. The van der Waals surface area contributed by atoms with Gasteiger partial charge in [-0.15, -0.1) is 0 Å². The molecule has 4 N–H and O–H groups in total. The highest BCUT2D eigenvalue weighted by atomic mass is 32.2. The molecule has 0 heterocycles. The monoisotopic (exact) mass is 397 g/mol. The number of benzene rings is 1. The summed E-state index contributed by atoms with van der Waals surface area (Å²) in [5.74, 6) is -2.81. The number of carbonyl (C=O) groups excluding carboxylic acids is 2. The maximum absolute atomic E-state index is 13.7. The number of hydrogen-bond donors (Lipinski definition) is 3. The third-order valence-electron chi connectivity index (χ3n) is 3.17. The molecule has 0 bridgehead atoms. The van der Waals surface area contributed by atoms with E-state index in [1.165, 1.54) is 13.8 Å². The lowest BCUT2D eigenvalue weighted by Gasteiger charge is -2.35. The molecule has 26 heavy (non-hydrogen) atoms. The van der Waals surface area contributed by atoms with Gasteiger partial charge in [0.15, 0.2) is 0 Å². The van der Waals surface area contributed by atoms with Crippen molar-refractivity contribution in [2.45, 2.75) is 37.0 Å². The fraction of sp³-hybridized carbons (Fsp3) is 0.429. The second-order valence-corrected chi connectivity index (χ2v) is 6.63. The van der Waals surface area contributed by atoms with Gasteiger partial charge in [-0.3, -0.25) is 4.79 Å². The minimum absolute atomic E-state index is 0.292. The Bertz CT molecular complexity index is 765. The van der Waals surface area contributed by atoms with E-state index in [1.54, 1.807) is 5.32 Å². The Kier molecular flexibility index (Phi) is 6.60. The number of nitrogens with one attached hydrogen (secondary N) is 2. The minimum atomic E-state index is -5.26. The van der Waals surface area contributed by atoms with Crippen LogP contribution in [0.25, 0.3) is 0 Å².